The predicted molar refractivity (Wildman–Crippen MR) is 83.2 cm³/mol. The number of aryl methyl sites for hydroxylation is 2. The molecular formula is C17H26N2O. The Hall–Kier alpha value is -1.19. The zero-order valence-electron chi connectivity index (χ0n) is 13.1. The second-order valence-corrected chi connectivity index (χ2v) is 6.25. The number of piperazine rings is 1. The predicted octanol–water partition coefficient (Wildman–Crippen LogP) is 2.05. The van der Waals surface area contributed by atoms with Crippen molar-refractivity contribution in [3.05, 3.63) is 34.9 Å². The minimum Gasteiger partial charge on any atom is -0.304 e. The third-order valence-electron chi connectivity index (χ3n) is 4.34. The zero-order valence-corrected chi connectivity index (χ0v) is 13.1. The van der Waals surface area contributed by atoms with E-state index >= 15 is 0 Å². The Kier molecular flexibility index (Phi) is 4.95. The van der Waals surface area contributed by atoms with Gasteiger partial charge in [-0.15, -0.1) is 0 Å². The standard InChI is InChI=1S/C17H26N2O/c1-13-5-6-14(2)15(9-13)10-17(20)11-16-12-18(3)7-8-19(16)4/h5-6,9,16H,7-8,10-12H2,1-4H3. The van der Waals surface area contributed by atoms with Gasteiger partial charge in [-0.05, 0) is 39.1 Å². The van der Waals surface area contributed by atoms with Crippen LogP contribution >= 0.6 is 0 Å². The summed E-state index contributed by atoms with van der Waals surface area (Å²) >= 11 is 0. The summed E-state index contributed by atoms with van der Waals surface area (Å²) in [7, 11) is 4.26. The summed E-state index contributed by atoms with van der Waals surface area (Å²) in [6, 6.07) is 6.72. The molecule has 1 aliphatic heterocycles. The molecule has 1 atom stereocenters. The lowest BCUT2D eigenvalue weighted by Crippen LogP contribution is -2.50. The monoisotopic (exact) mass is 274 g/mol. The molecule has 0 aliphatic carbocycles. The van der Waals surface area contributed by atoms with E-state index < -0.39 is 0 Å². The highest BCUT2D eigenvalue weighted by Crippen LogP contribution is 2.15. The Morgan fingerprint density at radius 1 is 1.25 bits per heavy atom. The molecular weight excluding hydrogens is 248 g/mol. The third-order valence-corrected chi connectivity index (χ3v) is 4.34. The number of hydrogen-bond acceptors (Lipinski definition) is 3. The number of Topliss-reactive ketones (excluding diaryl/α,β-unsaturated/α-hetero) is 1. The van der Waals surface area contributed by atoms with E-state index in [1.54, 1.807) is 0 Å². The quantitative estimate of drug-likeness (QED) is 0.839. The van der Waals surface area contributed by atoms with Crippen molar-refractivity contribution in [1.82, 2.24) is 9.80 Å². The first kappa shape index (κ1) is 15.2. The van der Waals surface area contributed by atoms with Crippen molar-refractivity contribution in [2.75, 3.05) is 33.7 Å². The van der Waals surface area contributed by atoms with E-state index in [2.05, 4.69) is 55.9 Å². The van der Waals surface area contributed by atoms with Crippen LogP contribution in [0.4, 0.5) is 0 Å². The number of carbonyl (C=O) groups is 1. The van der Waals surface area contributed by atoms with Crippen LogP contribution in [0.2, 0.25) is 0 Å². The summed E-state index contributed by atoms with van der Waals surface area (Å²) in [6.45, 7) is 7.31. The molecule has 0 saturated carbocycles. The molecule has 0 N–H and O–H groups in total. The van der Waals surface area contributed by atoms with Crippen LogP contribution in [0.3, 0.4) is 0 Å². The van der Waals surface area contributed by atoms with Crippen LogP contribution in [-0.2, 0) is 11.2 Å². The average molecular weight is 274 g/mol. The SMILES string of the molecule is Cc1ccc(C)c(CC(=O)CC2CN(C)CCN2C)c1. The fourth-order valence-corrected chi connectivity index (χ4v) is 2.86. The topological polar surface area (TPSA) is 23.6 Å². The number of hydrogen-bond donors (Lipinski definition) is 0. The highest BCUT2D eigenvalue weighted by Gasteiger charge is 2.24. The lowest BCUT2D eigenvalue weighted by atomic mass is 9.97. The second-order valence-electron chi connectivity index (χ2n) is 6.25. The van der Waals surface area contributed by atoms with E-state index in [0.29, 0.717) is 24.7 Å². The first-order chi connectivity index (χ1) is 9.45. The van der Waals surface area contributed by atoms with Crippen LogP contribution in [0.1, 0.15) is 23.1 Å². The maximum absolute atomic E-state index is 12.4. The molecule has 0 aromatic heterocycles. The van der Waals surface area contributed by atoms with Crippen molar-refractivity contribution >= 4 is 5.78 Å². The Balaban J connectivity index is 1.96. The summed E-state index contributed by atoms with van der Waals surface area (Å²) in [4.78, 5) is 17.0. The van der Waals surface area contributed by atoms with E-state index in [1.165, 1.54) is 16.7 Å². The zero-order chi connectivity index (χ0) is 14.7. The van der Waals surface area contributed by atoms with Gasteiger partial charge in [0.15, 0.2) is 0 Å². The minimum atomic E-state index is 0.353. The molecule has 1 heterocycles. The van der Waals surface area contributed by atoms with Crippen LogP contribution in [0.25, 0.3) is 0 Å². The Morgan fingerprint density at radius 3 is 2.75 bits per heavy atom. The molecule has 0 radical (unpaired) electrons. The molecule has 2 rings (SSSR count). The van der Waals surface area contributed by atoms with E-state index in [4.69, 9.17) is 0 Å². The van der Waals surface area contributed by atoms with Crippen LogP contribution < -0.4 is 0 Å². The first-order valence-electron chi connectivity index (χ1n) is 7.42. The van der Waals surface area contributed by atoms with Crippen molar-refractivity contribution in [2.45, 2.75) is 32.7 Å². The maximum atomic E-state index is 12.4. The fourth-order valence-electron chi connectivity index (χ4n) is 2.86. The number of carbonyl (C=O) groups excluding carboxylic acids is 1. The number of likely N-dealkylation sites (N-methyl/N-ethyl adjacent to an activating group) is 2. The molecule has 1 aromatic rings. The number of ketones is 1. The first-order valence-corrected chi connectivity index (χ1v) is 7.42. The van der Waals surface area contributed by atoms with Gasteiger partial charge in [-0.25, -0.2) is 0 Å². The van der Waals surface area contributed by atoms with Crippen molar-refractivity contribution in [2.24, 2.45) is 0 Å². The molecule has 1 unspecified atom stereocenters. The van der Waals surface area contributed by atoms with Crippen molar-refractivity contribution in [3.8, 4) is 0 Å². The van der Waals surface area contributed by atoms with Crippen molar-refractivity contribution in [1.29, 1.82) is 0 Å². The molecule has 3 heteroatoms. The summed E-state index contributed by atoms with van der Waals surface area (Å²) in [6.07, 6.45) is 1.23. The number of rotatable bonds is 4. The van der Waals surface area contributed by atoms with Gasteiger partial charge in [-0.2, -0.15) is 0 Å². The normalized spacial score (nSPS) is 21.1. The molecule has 3 nitrogen and oxygen atoms in total. The Bertz CT molecular complexity index is 484. The molecule has 1 fully saturated rings. The lowest BCUT2D eigenvalue weighted by molar-refractivity contribution is -0.120. The van der Waals surface area contributed by atoms with Crippen LogP contribution in [0, 0.1) is 13.8 Å². The maximum Gasteiger partial charge on any atom is 0.138 e. The molecule has 0 amide bonds. The van der Waals surface area contributed by atoms with Crippen molar-refractivity contribution in [3.63, 3.8) is 0 Å². The van der Waals surface area contributed by atoms with Crippen molar-refractivity contribution < 1.29 is 4.79 Å². The van der Waals surface area contributed by atoms with Gasteiger partial charge >= 0.3 is 0 Å². The highest BCUT2D eigenvalue weighted by atomic mass is 16.1. The lowest BCUT2D eigenvalue weighted by Gasteiger charge is -2.37. The smallest absolute Gasteiger partial charge is 0.138 e. The van der Waals surface area contributed by atoms with Crippen LogP contribution in [0.5, 0.6) is 0 Å². The van der Waals surface area contributed by atoms with Gasteiger partial charge in [-0.3, -0.25) is 4.79 Å². The van der Waals surface area contributed by atoms with Gasteiger partial charge in [0, 0.05) is 38.5 Å². The van der Waals surface area contributed by atoms with Gasteiger partial charge in [0.25, 0.3) is 0 Å². The van der Waals surface area contributed by atoms with Gasteiger partial charge < -0.3 is 9.80 Å². The summed E-state index contributed by atoms with van der Waals surface area (Å²) in [5, 5.41) is 0. The molecule has 1 aliphatic rings. The third kappa shape index (κ3) is 3.90. The van der Waals surface area contributed by atoms with Crippen LogP contribution in [0.15, 0.2) is 18.2 Å². The van der Waals surface area contributed by atoms with Gasteiger partial charge in [0.1, 0.15) is 5.78 Å². The number of nitrogens with zero attached hydrogens (tertiary/aromatic N) is 2. The van der Waals surface area contributed by atoms with Crippen LogP contribution in [-0.4, -0.2) is 55.4 Å². The number of benzene rings is 1. The van der Waals surface area contributed by atoms with Gasteiger partial charge in [0.2, 0.25) is 0 Å². The highest BCUT2D eigenvalue weighted by molar-refractivity contribution is 5.81. The Labute approximate surface area is 122 Å². The molecule has 0 spiro atoms. The second kappa shape index (κ2) is 6.51. The summed E-state index contributed by atoms with van der Waals surface area (Å²) in [5.41, 5.74) is 3.63. The largest absolute Gasteiger partial charge is 0.304 e. The summed E-state index contributed by atoms with van der Waals surface area (Å²) in [5.74, 6) is 0.353. The van der Waals surface area contributed by atoms with E-state index in [0.717, 1.165) is 19.6 Å². The molecule has 1 saturated heterocycles. The minimum absolute atomic E-state index is 0.353. The summed E-state index contributed by atoms with van der Waals surface area (Å²) < 4.78 is 0. The molecule has 1 aromatic carbocycles. The van der Waals surface area contributed by atoms with E-state index in [9.17, 15) is 4.79 Å². The van der Waals surface area contributed by atoms with E-state index in [-0.39, 0.29) is 0 Å². The average Bonchev–Trinajstić information content (AvgIpc) is 2.38. The fraction of sp³-hybridized carbons (Fsp3) is 0.588. The van der Waals surface area contributed by atoms with E-state index in [1.807, 2.05) is 0 Å². The van der Waals surface area contributed by atoms with Gasteiger partial charge in [-0.1, -0.05) is 23.8 Å². The molecule has 110 valence electrons. The molecule has 20 heavy (non-hydrogen) atoms. The molecule has 0 bridgehead atoms. The Morgan fingerprint density at radius 2 is 2.00 bits per heavy atom. The van der Waals surface area contributed by atoms with Gasteiger partial charge in [0.05, 0.1) is 0 Å².